The summed E-state index contributed by atoms with van der Waals surface area (Å²) in [5.41, 5.74) is 0. The number of hydrogen-bond donors (Lipinski definition) is 0. The number of rotatable bonds is 0. The Morgan fingerprint density at radius 3 is 2.67 bits per heavy atom. The lowest BCUT2D eigenvalue weighted by molar-refractivity contribution is 0.871. The molecule has 0 amide bonds. The zero-order valence-electron chi connectivity index (χ0n) is 4.02. The Morgan fingerprint density at radius 2 is 2.50 bits per heavy atom. The van der Waals surface area contributed by atoms with E-state index in [0.717, 1.165) is 5.92 Å². The zero-order valence-corrected chi connectivity index (χ0v) is 4.02. The summed E-state index contributed by atoms with van der Waals surface area (Å²) >= 11 is 0. The fourth-order valence-corrected chi connectivity index (χ4v) is 0.665. The van der Waals surface area contributed by atoms with Crippen LogP contribution >= 0.6 is 0 Å². The summed E-state index contributed by atoms with van der Waals surface area (Å²) in [6.07, 6.45) is 7.89. The lowest BCUT2D eigenvalue weighted by Gasteiger charge is -1.88. The smallest absolute Gasteiger partial charge is 0.0228 e. The molecule has 1 atom stereocenters. The highest BCUT2D eigenvalue weighted by molar-refractivity contribution is 5.03. The SMILES string of the molecule is CC1[CH]CC=C1. The standard InChI is InChI=1S/C6H9/c1-6-4-2-3-5-6/h2,4-6H,3H2,1H3. The maximum atomic E-state index is 2.29. The highest BCUT2D eigenvalue weighted by Crippen LogP contribution is 2.12. The van der Waals surface area contributed by atoms with Gasteiger partial charge in [0.05, 0.1) is 0 Å². The van der Waals surface area contributed by atoms with Crippen LogP contribution in [0.15, 0.2) is 12.2 Å². The number of allylic oxidation sites excluding steroid dienone is 2. The van der Waals surface area contributed by atoms with E-state index in [1.165, 1.54) is 6.42 Å². The van der Waals surface area contributed by atoms with Gasteiger partial charge in [-0.3, -0.25) is 0 Å². The lowest BCUT2D eigenvalue weighted by atomic mass is 10.2. The van der Waals surface area contributed by atoms with Gasteiger partial charge in [0.2, 0.25) is 0 Å². The molecule has 1 rings (SSSR count). The molecule has 1 aliphatic carbocycles. The van der Waals surface area contributed by atoms with E-state index in [-0.39, 0.29) is 0 Å². The Morgan fingerprint density at radius 1 is 1.67 bits per heavy atom. The molecule has 0 saturated carbocycles. The van der Waals surface area contributed by atoms with Gasteiger partial charge in [0.15, 0.2) is 0 Å². The monoisotopic (exact) mass is 81.1 g/mol. The quantitative estimate of drug-likeness (QED) is 0.390. The van der Waals surface area contributed by atoms with Gasteiger partial charge in [-0.25, -0.2) is 0 Å². The molecule has 0 bridgehead atoms. The van der Waals surface area contributed by atoms with Gasteiger partial charge in [0.1, 0.15) is 0 Å². The second-order valence-electron chi connectivity index (χ2n) is 1.76. The van der Waals surface area contributed by atoms with Crippen LogP contribution in [-0.2, 0) is 0 Å². The predicted octanol–water partition coefficient (Wildman–Crippen LogP) is 1.79. The summed E-state index contributed by atoms with van der Waals surface area (Å²) in [6.45, 7) is 2.20. The molecule has 0 nitrogen and oxygen atoms in total. The minimum absolute atomic E-state index is 0.741. The van der Waals surface area contributed by atoms with Crippen LogP contribution in [0.1, 0.15) is 13.3 Å². The predicted molar refractivity (Wildman–Crippen MR) is 27.2 cm³/mol. The Labute approximate surface area is 38.9 Å². The van der Waals surface area contributed by atoms with Gasteiger partial charge >= 0.3 is 0 Å². The highest BCUT2D eigenvalue weighted by atomic mass is 14.0. The van der Waals surface area contributed by atoms with Gasteiger partial charge in [-0.2, -0.15) is 0 Å². The molecule has 0 N–H and O–H groups in total. The molecule has 0 aromatic carbocycles. The second-order valence-corrected chi connectivity index (χ2v) is 1.76. The summed E-state index contributed by atoms with van der Waals surface area (Å²) in [4.78, 5) is 0. The first kappa shape index (κ1) is 3.91. The van der Waals surface area contributed by atoms with Gasteiger partial charge in [0.25, 0.3) is 0 Å². The van der Waals surface area contributed by atoms with Gasteiger partial charge in [-0.15, -0.1) is 0 Å². The molecule has 1 aliphatic rings. The van der Waals surface area contributed by atoms with E-state index in [9.17, 15) is 0 Å². The molecule has 0 heteroatoms. The van der Waals surface area contributed by atoms with E-state index in [0.29, 0.717) is 0 Å². The zero-order chi connectivity index (χ0) is 4.41. The maximum absolute atomic E-state index is 2.29. The third-order valence-electron chi connectivity index (χ3n) is 1.08. The summed E-state index contributed by atoms with van der Waals surface area (Å²) in [6, 6.07) is 0. The minimum atomic E-state index is 0.741. The fourth-order valence-electron chi connectivity index (χ4n) is 0.665. The lowest BCUT2D eigenvalue weighted by Crippen LogP contribution is -1.78. The molecule has 0 heterocycles. The summed E-state index contributed by atoms with van der Waals surface area (Å²) in [5, 5.41) is 0. The molecule has 1 unspecified atom stereocenters. The average Bonchev–Trinajstić information content (AvgIpc) is 1.86. The van der Waals surface area contributed by atoms with E-state index in [1.54, 1.807) is 0 Å². The molecule has 0 spiro atoms. The number of hydrogen-bond acceptors (Lipinski definition) is 0. The van der Waals surface area contributed by atoms with Gasteiger partial charge in [0, 0.05) is 0 Å². The Balaban J connectivity index is 2.38. The van der Waals surface area contributed by atoms with Crippen LogP contribution < -0.4 is 0 Å². The van der Waals surface area contributed by atoms with Crippen molar-refractivity contribution in [1.29, 1.82) is 0 Å². The molecule has 0 aromatic heterocycles. The van der Waals surface area contributed by atoms with Crippen molar-refractivity contribution in [3.63, 3.8) is 0 Å². The molecule has 33 valence electrons. The Bertz CT molecular complexity index is 62.4. The summed E-state index contributed by atoms with van der Waals surface area (Å²) < 4.78 is 0. The van der Waals surface area contributed by atoms with Gasteiger partial charge in [-0.05, 0) is 18.8 Å². The van der Waals surface area contributed by atoms with Crippen LogP contribution in [0.5, 0.6) is 0 Å². The van der Waals surface area contributed by atoms with E-state index < -0.39 is 0 Å². The normalized spacial score (nSPS) is 31.8. The minimum Gasteiger partial charge on any atom is -0.0880 e. The first-order valence-corrected chi connectivity index (χ1v) is 2.39. The fraction of sp³-hybridized carbons (Fsp3) is 0.500. The topological polar surface area (TPSA) is 0 Å². The van der Waals surface area contributed by atoms with Crippen LogP contribution in [0.3, 0.4) is 0 Å². The average molecular weight is 81.1 g/mol. The first-order chi connectivity index (χ1) is 2.89. The molecule has 0 fully saturated rings. The Hall–Kier alpha value is -0.260. The van der Waals surface area contributed by atoms with Crippen molar-refractivity contribution in [3.8, 4) is 0 Å². The van der Waals surface area contributed by atoms with Crippen molar-refractivity contribution in [3.05, 3.63) is 18.6 Å². The van der Waals surface area contributed by atoms with Crippen molar-refractivity contribution in [2.45, 2.75) is 13.3 Å². The van der Waals surface area contributed by atoms with E-state index >= 15 is 0 Å². The second kappa shape index (κ2) is 1.46. The van der Waals surface area contributed by atoms with Crippen molar-refractivity contribution in [1.82, 2.24) is 0 Å². The molecule has 0 saturated heterocycles. The Kier molecular flexibility index (Phi) is 0.952. The van der Waals surface area contributed by atoms with Crippen molar-refractivity contribution < 1.29 is 0 Å². The maximum Gasteiger partial charge on any atom is -0.0228 e. The van der Waals surface area contributed by atoms with Gasteiger partial charge in [-0.1, -0.05) is 19.1 Å². The van der Waals surface area contributed by atoms with Crippen molar-refractivity contribution in [2.24, 2.45) is 5.92 Å². The van der Waals surface area contributed by atoms with E-state index in [1.807, 2.05) is 0 Å². The first-order valence-electron chi connectivity index (χ1n) is 2.39. The molecule has 0 aliphatic heterocycles. The molecular weight excluding hydrogens is 72.1 g/mol. The van der Waals surface area contributed by atoms with Crippen LogP contribution in [0, 0.1) is 12.3 Å². The van der Waals surface area contributed by atoms with E-state index in [4.69, 9.17) is 0 Å². The van der Waals surface area contributed by atoms with E-state index in [2.05, 4.69) is 25.5 Å². The third kappa shape index (κ3) is 0.618. The van der Waals surface area contributed by atoms with Crippen LogP contribution in [0.2, 0.25) is 0 Å². The molecule has 1 radical (unpaired) electrons. The van der Waals surface area contributed by atoms with Crippen molar-refractivity contribution >= 4 is 0 Å². The van der Waals surface area contributed by atoms with Crippen LogP contribution in [0.4, 0.5) is 0 Å². The molecule has 6 heavy (non-hydrogen) atoms. The van der Waals surface area contributed by atoms with Gasteiger partial charge < -0.3 is 0 Å². The summed E-state index contributed by atoms with van der Waals surface area (Å²) in [7, 11) is 0. The van der Waals surface area contributed by atoms with Crippen LogP contribution in [-0.4, -0.2) is 0 Å². The van der Waals surface area contributed by atoms with Crippen molar-refractivity contribution in [2.75, 3.05) is 0 Å². The highest BCUT2D eigenvalue weighted by Gasteiger charge is 1.99. The molecular formula is C6H9. The summed E-state index contributed by atoms with van der Waals surface area (Å²) in [5.74, 6) is 0.741. The third-order valence-corrected chi connectivity index (χ3v) is 1.08. The largest absolute Gasteiger partial charge is 0.0880 e. The van der Waals surface area contributed by atoms with Crippen LogP contribution in [0.25, 0.3) is 0 Å². The molecule has 0 aromatic rings.